The zero-order valence-corrected chi connectivity index (χ0v) is 15.8. The molecule has 1 aromatic rings. The predicted molar refractivity (Wildman–Crippen MR) is 90.7 cm³/mol. The zero-order chi connectivity index (χ0) is 14.1. The largest absolute Gasteiger partial charge is 0.382 e. The first-order valence-electron chi connectivity index (χ1n) is 6.14. The van der Waals surface area contributed by atoms with E-state index < -0.39 is 0 Å². The second-order valence-corrected chi connectivity index (χ2v) is 6.36. The van der Waals surface area contributed by atoms with Crippen molar-refractivity contribution in [3.8, 4) is 0 Å². The Bertz CT molecular complexity index is 367. The van der Waals surface area contributed by atoms with Crippen LogP contribution in [0.4, 0.5) is 0 Å². The number of benzene rings is 1. The number of hydrogen-bond donors (Lipinski definition) is 0. The van der Waals surface area contributed by atoms with E-state index in [4.69, 9.17) is 9.47 Å². The molecule has 0 amide bonds. The lowest BCUT2D eigenvalue weighted by molar-refractivity contribution is 0.0635. The minimum atomic E-state index is 0.0349. The third-order valence-corrected chi connectivity index (χ3v) is 5.95. The summed E-state index contributed by atoms with van der Waals surface area (Å²) in [6, 6.07) is 8.37. The van der Waals surface area contributed by atoms with E-state index in [1.54, 1.807) is 7.11 Å². The summed E-state index contributed by atoms with van der Waals surface area (Å²) in [5.74, 6) is 0. The van der Waals surface area contributed by atoms with E-state index in [9.17, 15) is 0 Å². The van der Waals surface area contributed by atoms with E-state index in [2.05, 4.69) is 66.0 Å². The zero-order valence-electron chi connectivity index (χ0n) is 11.0. The van der Waals surface area contributed by atoms with Gasteiger partial charge in [0.25, 0.3) is 0 Å². The molecule has 0 atom stereocenters. The maximum absolute atomic E-state index is 5.61. The Kier molecular flexibility index (Phi) is 8.82. The molecule has 0 spiro atoms. The normalized spacial score (nSPS) is 11.8. The van der Waals surface area contributed by atoms with Gasteiger partial charge < -0.3 is 9.47 Å². The molecule has 0 fully saturated rings. The van der Waals surface area contributed by atoms with E-state index in [1.807, 2.05) is 6.07 Å². The Balaban J connectivity index is 2.71. The molecule has 5 heteroatoms. The molecule has 2 nitrogen and oxygen atoms in total. The van der Waals surface area contributed by atoms with Gasteiger partial charge in [-0.2, -0.15) is 0 Å². The van der Waals surface area contributed by atoms with Crippen LogP contribution in [0.1, 0.15) is 12.0 Å². The van der Waals surface area contributed by atoms with Crippen molar-refractivity contribution >= 4 is 47.8 Å². The van der Waals surface area contributed by atoms with Crippen LogP contribution in [-0.4, -0.2) is 37.6 Å². The van der Waals surface area contributed by atoms with Gasteiger partial charge in [0.05, 0.1) is 13.2 Å². The molecule has 0 N–H and O–H groups in total. The van der Waals surface area contributed by atoms with Crippen LogP contribution in [0.15, 0.2) is 28.7 Å². The Hall–Kier alpha value is 0.580. The highest BCUT2D eigenvalue weighted by Crippen LogP contribution is 2.36. The van der Waals surface area contributed by atoms with E-state index >= 15 is 0 Å². The maximum Gasteiger partial charge on any atom is 0.0700 e. The van der Waals surface area contributed by atoms with E-state index in [0.29, 0.717) is 13.2 Å². The SMILES string of the molecule is COCCOCCC(CBr)(CBr)c1ccccc1Br. The van der Waals surface area contributed by atoms with Gasteiger partial charge in [0.15, 0.2) is 0 Å². The summed E-state index contributed by atoms with van der Waals surface area (Å²) in [6.07, 6.45) is 0.954. The Labute approximate surface area is 140 Å². The first kappa shape index (κ1) is 17.6. The first-order chi connectivity index (χ1) is 9.20. The van der Waals surface area contributed by atoms with Gasteiger partial charge in [-0.05, 0) is 18.1 Å². The average molecular weight is 459 g/mol. The number of hydrogen-bond acceptors (Lipinski definition) is 2. The monoisotopic (exact) mass is 456 g/mol. The molecule has 0 bridgehead atoms. The second kappa shape index (κ2) is 9.50. The number of halogens is 3. The molecule has 0 unspecified atom stereocenters. The Morgan fingerprint density at radius 2 is 1.74 bits per heavy atom. The molecular formula is C14H19Br3O2. The van der Waals surface area contributed by atoms with Crippen molar-refractivity contribution in [2.24, 2.45) is 0 Å². The standard InChI is InChI=1S/C14H19Br3O2/c1-18-8-9-19-7-6-14(10-15,11-16)12-4-2-3-5-13(12)17/h2-5H,6-11H2,1H3. The lowest BCUT2D eigenvalue weighted by atomic mass is 9.82. The van der Waals surface area contributed by atoms with Crippen molar-refractivity contribution < 1.29 is 9.47 Å². The van der Waals surface area contributed by atoms with Gasteiger partial charge in [0.2, 0.25) is 0 Å². The summed E-state index contributed by atoms with van der Waals surface area (Å²) >= 11 is 11.0. The maximum atomic E-state index is 5.61. The van der Waals surface area contributed by atoms with Crippen molar-refractivity contribution in [1.29, 1.82) is 0 Å². The van der Waals surface area contributed by atoms with Gasteiger partial charge >= 0.3 is 0 Å². The van der Waals surface area contributed by atoms with Crippen LogP contribution in [0.3, 0.4) is 0 Å². The van der Waals surface area contributed by atoms with Crippen LogP contribution < -0.4 is 0 Å². The quantitative estimate of drug-likeness (QED) is 0.400. The smallest absolute Gasteiger partial charge is 0.0700 e. The molecule has 1 aromatic carbocycles. The molecule has 0 saturated heterocycles. The van der Waals surface area contributed by atoms with Crippen LogP contribution >= 0.6 is 47.8 Å². The fourth-order valence-electron chi connectivity index (χ4n) is 1.85. The van der Waals surface area contributed by atoms with Crippen LogP contribution in [0, 0.1) is 0 Å². The molecule has 0 heterocycles. The Morgan fingerprint density at radius 1 is 1.05 bits per heavy atom. The highest BCUT2D eigenvalue weighted by atomic mass is 79.9. The van der Waals surface area contributed by atoms with Crippen molar-refractivity contribution in [1.82, 2.24) is 0 Å². The van der Waals surface area contributed by atoms with Crippen molar-refractivity contribution in [2.75, 3.05) is 37.6 Å². The lowest BCUT2D eigenvalue weighted by Crippen LogP contribution is -2.32. The van der Waals surface area contributed by atoms with Crippen LogP contribution in [-0.2, 0) is 14.9 Å². The van der Waals surface area contributed by atoms with Crippen LogP contribution in [0.2, 0.25) is 0 Å². The van der Waals surface area contributed by atoms with Gasteiger partial charge in [-0.25, -0.2) is 0 Å². The molecule has 0 aliphatic carbocycles. The van der Waals surface area contributed by atoms with Crippen LogP contribution in [0.5, 0.6) is 0 Å². The number of methoxy groups -OCH3 is 1. The second-order valence-electron chi connectivity index (χ2n) is 4.38. The molecule has 1 rings (SSSR count). The molecular weight excluding hydrogens is 440 g/mol. The number of alkyl halides is 2. The van der Waals surface area contributed by atoms with Gasteiger partial charge in [-0.1, -0.05) is 66.0 Å². The molecule has 19 heavy (non-hydrogen) atoms. The first-order valence-corrected chi connectivity index (χ1v) is 9.17. The molecule has 108 valence electrons. The van der Waals surface area contributed by atoms with Crippen molar-refractivity contribution in [2.45, 2.75) is 11.8 Å². The van der Waals surface area contributed by atoms with Crippen molar-refractivity contribution in [3.05, 3.63) is 34.3 Å². The molecule has 0 aliphatic heterocycles. The minimum absolute atomic E-state index is 0.0349. The third-order valence-electron chi connectivity index (χ3n) is 3.11. The predicted octanol–water partition coefficient (Wildman–Crippen LogP) is 4.53. The van der Waals surface area contributed by atoms with Crippen molar-refractivity contribution in [3.63, 3.8) is 0 Å². The lowest BCUT2D eigenvalue weighted by Gasteiger charge is -2.31. The van der Waals surface area contributed by atoms with Gasteiger partial charge in [0.1, 0.15) is 0 Å². The molecule has 0 aliphatic rings. The number of rotatable bonds is 9. The average Bonchev–Trinajstić information content (AvgIpc) is 2.44. The summed E-state index contributed by atoms with van der Waals surface area (Å²) in [6.45, 7) is 2.01. The van der Waals surface area contributed by atoms with Gasteiger partial charge in [0, 0.05) is 34.3 Å². The highest BCUT2D eigenvalue weighted by Gasteiger charge is 2.31. The van der Waals surface area contributed by atoms with Gasteiger partial charge in [-0.3, -0.25) is 0 Å². The summed E-state index contributed by atoms with van der Waals surface area (Å²) in [5.41, 5.74) is 1.34. The summed E-state index contributed by atoms with van der Waals surface area (Å²) < 4.78 is 11.7. The highest BCUT2D eigenvalue weighted by molar-refractivity contribution is 9.10. The fraction of sp³-hybridized carbons (Fsp3) is 0.571. The van der Waals surface area contributed by atoms with Crippen LogP contribution in [0.25, 0.3) is 0 Å². The van der Waals surface area contributed by atoms with E-state index in [1.165, 1.54) is 5.56 Å². The minimum Gasteiger partial charge on any atom is -0.382 e. The molecule has 0 saturated carbocycles. The van der Waals surface area contributed by atoms with E-state index in [-0.39, 0.29) is 5.41 Å². The summed E-state index contributed by atoms with van der Waals surface area (Å²) in [7, 11) is 1.69. The molecule has 0 radical (unpaired) electrons. The number of ether oxygens (including phenoxy) is 2. The third kappa shape index (κ3) is 5.12. The fourth-order valence-corrected chi connectivity index (χ4v) is 4.65. The Morgan fingerprint density at radius 3 is 2.32 bits per heavy atom. The summed E-state index contributed by atoms with van der Waals surface area (Å²) in [4.78, 5) is 0. The van der Waals surface area contributed by atoms with Gasteiger partial charge in [-0.15, -0.1) is 0 Å². The topological polar surface area (TPSA) is 18.5 Å². The molecule has 0 aromatic heterocycles. The summed E-state index contributed by atoms with van der Waals surface area (Å²) in [5, 5.41) is 1.78. The van der Waals surface area contributed by atoms with E-state index in [0.717, 1.165) is 28.2 Å².